The minimum Gasteiger partial charge on any atom is -0.336 e. The van der Waals surface area contributed by atoms with Gasteiger partial charge in [0.05, 0.1) is 11.1 Å². The average molecular weight is 409 g/mol. The highest BCUT2D eigenvalue weighted by molar-refractivity contribution is 7.99. The molecule has 27 heavy (non-hydrogen) atoms. The Morgan fingerprint density at radius 3 is 2.81 bits per heavy atom. The molecule has 0 aromatic carbocycles. The largest absolute Gasteiger partial charge is 0.336 e. The van der Waals surface area contributed by atoms with E-state index in [4.69, 9.17) is 0 Å². The lowest BCUT2D eigenvalue weighted by Gasteiger charge is -2.12. The van der Waals surface area contributed by atoms with E-state index >= 15 is 0 Å². The number of thioether (sulfide) groups is 1. The first-order valence-electron chi connectivity index (χ1n) is 9.19. The second-order valence-corrected chi connectivity index (χ2v) is 8.88. The quantitative estimate of drug-likeness (QED) is 0.566. The van der Waals surface area contributed by atoms with Crippen LogP contribution >= 0.6 is 23.1 Å². The van der Waals surface area contributed by atoms with Crippen molar-refractivity contribution in [3.63, 3.8) is 0 Å². The topological polar surface area (TPSA) is 93.1 Å². The molecule has 0 unspecified atom stereocenters. The maximum Gasteiger partial charge on any atom is 0.321 e. The van der Waals surface area contributed by atoms with E-state index in [-0.39, 0.29) is 17.4 Å². The maximum absolute atomic E-state index is 13.1. The number of nitrogens with zero attached hydrogens (tertiary/aromatic N) is 2. The molecule has 0 atom stereocenters. The maximum atomic E-state index is 13.1. The highest BCUT2D eigenvalue weighted by Crippen LogP contribution is 2.35. The molecule has 2 N–H and O–H groups in total. The zero-order valence-corrected chi connectivity index (χ0v) is 17.4. The summed E-state index contributed by atoms with van der Waals surface area (Å²) < 4.78 is 1.67. The lowest BCUT2D eigenvalue weighted by Crippen LogP contribution is -2.43. The number of thiophene rings is 1. The monoisotopic (exact) mass is 408 g/mol. The van der Waals surface area contributed by atoms with Crippen molar-refractivity contribution in [2.24, 2.45) is 0 Å². The standard InChI is InChI=1S/C18H24N4O3S2/c1-4-8-22-16(24)14-11-6-5-7-12(11)27-15(14)21-18(22)26-9-13(23)20-17(25)19-10(2)3/h10H,4-9H2,1-3H3,(H2,19,20,23,25). The zero-order chi connectivity index (χ0) is 19.6. The number of nitrogens with one attached hydrogen (secondary N) is 2. The van der Waals surface area contributed by atoms with Crippen LogP contribution in [-0.2, 0) is 24.2 Å². The van der Waals surface area contributed by atoms with Crippen LogP contribution in [0.1, 0.15) is 44.1 Å². The van der Waals surface area contributed by atoms with Gasteiger partial charge in [0.2, 0.25) is 5.91 Å². The molecule has 3 amide bonds. The molecule has 146 valence electrons. The van der Waals surface area contributed by atoms with Gasteiger partial charge in [0.25, 0.3) is 5.56 Å². The molecule has 3 rings (SSSR count). The predicted molar refractivity (Wildman–Crippen MR) is 109 cm³/mol. The molecule has 0 saturated carbocycles. The van der Waals surface area contributed by atoms with Crippen LogP contribution in [0.5, 0.6) is 0 Å². The summed E-state index contributed by atoms with van der Waals surface area (Å²) in [5.74, 6) is -0.387. The zero-order valence-electron chi connectivity index (χ0n) is 15.8. The molecular formula is C18H24N4O3S2. The van der Waals surface area contributed by atoms with Crippen LogP contribution in [0.15, 0.2) is 9.95 Å². The molecule has 9 heteroatoms. The summed E-state index contributed by atoms with van der Waals surface area (Å²) in [6.07, 6.45) is 3.85. The van der Waals surface area contributed by atoms with Crippen LogP contribution in [-0.4, -0.2) is 33.3 Å². The molecule has 7 nitrogen and oxygen atoms in total. The third kappa shape index (κ3) is 4.35. The number of aromatic nitrogens is 2. The van der Waals surface area contributed by atoms with E-state index < -0.39 is 11.9 Å². The number of hydrogen-bond donors (Lipinski definition) is 2. The molecule has 0 bridgehead atoms. The summed E-state index contributed by atoms with van der Waals surface area (Å²) in [5, 5.41) is 6.19. The summed E-state index contributed by atoms with van der Waals surface area (Å²) in [6, 6.07) is -0.565. The summed E-state index contributed by atoms with van der Waals surface area (Å²) in [7, 11) is 0. The highest BCUT2D eigenvalue weighted by Gasteiger charge is 2.23. The molecule has 2 heterocycles. The Bertz CT molecular complexity index is 933. The molecule has 2 aromatic heterocycles. The smallest absolute Gasteiger partial charge is 0.321 e. The van der Waals surface area contributed by atoms with Crippen LogP contribution in [0.4, 0.5) is 4.79 Å². The minimum atomic E-state index is -0.514. The number of urea groups is 1. The second-order valence-electron chi connectivity index (χ2n) is 6.85. The van der Waals surface area contributed by atoms with Gasteiger partial charge in [-0.05, 0) is 45.1 Å². The van der Waals surface area contributed by atoms with Crippen molar-refractivity contribution in [2.45, 2.75) is 64.2 Å². The third-order valence-electron chi connectivity index (χ3n) is 4.24. The van der Waals surface area contributed by atoms with E-state index in [0.29, 0.717) is 11.7 Å². The van der Waals surface area contributed by atoms with Gasteiger partial charge in [0, 0.05) is 17.5 Å². The molecule has 0 spiro atoms. The Morgan fingerprint density at radius 2 is 2.11 bits per heavy atom. The van der Waals surface area contributed by atoms with Crippen LogP contribution in [0.25, 0.3) is 10.2 Å². The van der Waals surface area contributed by atoms with Gasteiger partial charge >= 0.3 is 6.03 Å². The SMILES string of the molecule is CCCn1c(SCC(=O)NC(=O)NC(C)C)nc2sc3c(c2c1=O)CCC3. The van der Waals surface area contributed by atoms with Crippen molar-refractivity contribution < 1.29 is 9.59 Å². The molecule has 1 aliphatic rings. The van der Waals surface area contributed by atoms with Gasteiger partial charge in [-0.25, -0.2) is 9.78 Å². The number of fused-ring (bicyclic) bond motifs is 3. The molecule has 0 aliphatic heterocycles. The normalized spacial score (nSPS) is 13.2. The number of carbonyl (C=O) groups is 2. The fourth-order valence-corrected chi connectivity index (χ4v) is 5.31. The molecule has 0 saturated heterocycles. The summed E-state index contributed by atoms with van der Waals surface area (Å²) in [4.78, 5) is 43.4. The fraction of sp³-hybridized carbons (Fsp3) is 0.556. The lowest BCUT2D eigenvalue weighted by molar-refractivity contribution is -0.117. The minimum absolute atomic E-state index is 0.0123. The molecule has 0 radical (unpaired) electrons. The number of aryl methyl sites for hydroxylation is 2. The van der Waals surface area contributed by atoms with E-state index in [0.717, 1.165) is 41.5 Å². The van der Waals surface area contributed by atoms with E-state index in [1.165, 1.54) is 16.6 Å². The van der Waals surface area contributed by atoms with Crippen molar-refractivity contribution in [3.8, 4) is 0 Å². The van der Waals surface area contributed by atoms with Gasteiger partial charge in [0.1, 0.15) is 4.83 Å². The first kappa shape index (κ1) is 19.9. The van der Waals surface area contributed by atoms with E-state index in [9.17, 15) is 14.4 Å². The van der Waals surface area contributed by atoms with Crippen molar-refractivity contribution >= 4 is 45.3 Å². The Balaban J connectivity index is 1.81. The first-order valence-corrected chi connectivity index (χ1v) is 11.0. The van der Waals surface area contributed by atoms with Gasteiger partial charge in [-0.3, -0.25) is 19.5 Å². The van der Waals surface area contributed by atoms with E-state index in [1.54, 1.807) is 15.9 Å². The second kappa shape index (κ2) is 8.43. The van der Waals surface area contributed by atoms with E-state index in [2.05, 4.69) is 15.6 Å². The lowest BCUT2D eigenvalue weighted by atomic mass is 10.2. The molecule has 0 fully saturated rings. The van der Waals surface area contributed by atoms with Crippen LogP contribution in [0, 0.1) is 0 Å². The summed E-state index contributed by atoms with van der Waals surface area (Å²) in [5.41, 5.74) is 1.15. The fourth-order valence-electron chi connectivity index (χ4n) is 3.18. The highest BCUT2D eigenvalue weighted by atomic mass is 32.2. The van der Waals surface area contributed by atoms with Gasteiger partial charge in [-0.15, -0.1) is 11.3 Å². The number of imide groups is 1. The van der Waals surface area contributed by atoms with Crippen molar-refractivity contribution in [1.29, 1.82) is 0 Å². The number of rotatable bonds is 6. The summed E-state index contributed by atoms with van der Waals surface area (Å²) in [6.45, 7) is 6.20. The average Bonchev–Trinajstić information content (AvgIpc) is 3.15. The number of hydrogen-bond acceptors (Lipinski definition) is 6. The first-order chi connectivity index (χ1) is 12.9. The van der Waals surface area contributed by atoms with Crippen LogP contribution < -0.4 is 16.2 Å². The van der Waals surface area contributed by atoms with E-state index in [1.807, 2.05) is 20.8 Å². The Labute approximate surface area is 165 Å². The molecular weight excluding hydrogens is 384 g/mol. The Morgan fingerprint density at radius 1 is 1.33 bits per heavy atom. The molecule has 1 aliphatic carbocycles. The van der Waals surface area contributed by atoms with Crippen LogP contribution in [0.3, 0.4) is 0 Å². The third-order valence-corrected chi connectivity index (χ3v) is 6.40. The van der Waals surface area contributed by atoms with Crippen LogP contribution in [0.2, 0.25) is 0 Å². The van der Waals surface area contributed by atoms with Gasteiger partial charge in [0.15, 0.2) is 5.16 Å². The number of amides is 3. The number of carbonyl (C=O) groups excluding carboxylic acids is 2. The van der Waals surface area contributed by atoms with Gasteiger partial charge in [-0.1, -0.05) is 18.7 Å². The predicted octanol–water partition coefficient (Wildman–Crippen LogP) is 2.68. The van der Waals surface area contributed by atoms with Gasteiger partial charge in [-0.2, -0.15) is 0 Å². The Hall–Kier alpha value is -1.87. The molecule has 2 aromatic rings. The van der Waals surface area contributed by atoms with Gasteiger partial charge < -0.3 is 5.32 Å². The van der Waals surface area contributed by atoms with Crippen molar-refractivity contribution in [3.05, 3.63) is 20.8 Å². The Kier molecular flexibility index (Phi) is 6.21. The van der Waals surface area contributed by atoms with Crippen molar-refractivity contribution in [1.82, 2.24) is 20.2 Å². The van der Waals surface area contributed by atoms with Crippen molar-refractivity contribution in [2.75, 3.05) is 5.75 Å². The summed E-state index contributed by atoms with van der Waals surface area (Å²) >= 11 is 2.78.